The van der Waals surface area contributed by atoms with Crippen LogP contribution in [0.25, 0.3) is 0 Å². The Labute approximate surface area is 100 Å². The summed E-state index contributed by atoms with van der Waals surface area (Å²) in [6.45, 7) is 4.34. The molecule has 0 spiro atoms. The van der Waals surface area contributed by atoms with Gasteiger partial charge in [-0.3, -0.25) is 0 Å². The molecule has 0 heterocycles. The van der Waals surface area contributed by atoms with Gasteiger partial charge >= 0.3 is 0 Å². The Bertz CT molecular complexity index is 331. The van der Waals surface area contributed by atoms with Crippen molar-refractivity contribution in [3.63, 3.8) is 0 Å². The van der Waals surface area contributed by atoms with Crippen LogP contribution >= 0.6 is 15.9 Å². The predicted octanol–water partition coefficient (Wildman–Crippen LogP) is 3.65. The average Bonchev–Trinajstić information content (AvgIpc) is 2.99. The Morgan fingerprint density at radius 3 is 2.87 bits per heavy atom. The van der Waals surface area contributed by atoms with Gasteiger partial charge in [0.05, 0.1) is 0 Å². The van der Waals surface area contributed by atoms with Crippen LogP contribution in [-0.4, -0.2) is 6.54 Å². The number of halogens is 1. The van der Waals surface area contributed by atoms with Crippen LogP contribution in [0.2, 0.25) is 0 Å². The van der Waals surface area contributed by atoms with E-state index in [1.807, 2.05) is 0 Å². The van der Waals surface area contributed by atoms with E-state index in [1.54, 1.807) is 0 Å². The van der Waals surface area contributed by atoms with Gasteiger partial charge in [0.1, 0.15) is 0 Å². The van der Waals surface area contributed by atoms with Crippen LogP contribution in [0.1, 0.15) is 30.4 Å². The smallest absolute Gasteiger partial charge is 0.0208 e. The lowest BCUT2D eigenvalue weighted by Gasteiger charge is -2.07. The molecule has 2 heteroatoms. The summed E-state index contributed by atoms with van der Waals surface area (Å²) in [4.78, 5) is 0. The highest BCUT2D eigenvalue weighted by atomic mass is 79.9. The summed E-state index contributed by atoms with van der Waals surface area (Å²) in [6, 6.07) is 6.49. The van der Waals surface area contributed by atoms with E-state index in [0.717, 1.165) is 12.5 Å². The van der Waals surface area contributed by atoms with Crippen molar-refractivity contribution in [2.75, 3.05) is 6.54 Å². The van der Waals surface area contributed by atoms with E-state index in [9.17, 15) is 0 Å². The van der Waals surface area contributed by atoms with E-state index in [4.69, 9.17) is 0 Å². The minimum atomic E-state index is 1.01. The van der Waals surface area contributed by atoms with Crippen molar-refractivity contribution in [1.82, 2.24) is 5.32 Å². The lowest BCUT2D eigenvalue weighted by atomic mass is 10.1. The van der Waals surface area contributed by atoms with Crippen molar-refractivity contribution < 1.29 is 0 Å². The van der Waals surface area contributed by atoms with Crippen molar-refractivity contribution >= 4 is 15.9 Å². The number of aryl methyl sites for hydroxylation is 1. The topological polar surface area (TPSA) is 12.0 Å². The summed E-state index contributed by atoms with van der Waals surface area (Å²) >= 11 is 3.49. The Hall–Kier alpha value is -0.340. The van der Waals surface area contributed by atoms with Gasteiger partial charge in [-0.05, 0) is 49.1 Å². The molecule has 0 bridgehead atoms. The van der Waals surface area contributed by atoms with Gasteiger partial charge in [0.15, 0.2) is 0 Å². The van der Waals surface area contributed by atoms with E-state index in [-0.39, 0.29) is 0 Å². The third-order valence-corrected chi connectivity index (χ3v) is 3.54. The van der Waals surface area contributed by atoms with Gasteiger partial charge in [-0.15, -0.1) is 0 Å². The largest absolute Gasteiger partial charge is 0.313 e. The zero-order chi connectivity index (χ0) is 10.7. The summed E-state index contributed by atoms with van der Waals surface area (Å²) < 4.78 is 1.17. The highest BCUT2D eigenvalue weighted by Gasteiger charge is 2.19. The van der Waals surface area contributed by atoms with E-state index >= 15 is 0 Å². The maximum absolute atomic E-state index is 3.52. The van der Waals surface area contributed by atoms with Crippen molar-refractivity contribution in [2.45, 2.75) is 32.7 Å². The molecule has 15 heavy (non-hydrogen) atoms. The Morgan fingerprint density at radius 1 is 1.40 bits per heavy atom. The van der Waals surface area contributed by atoms with Crippen molar-refractivity contribution in [2.24, 2.45) is 5.92 Å². The molecule has 1 aliphatic carbocycles. The van der Waals surface area contributed by atoms with Crippen LogP contribution in [0.3, 0.4) is 0 Å². The standard InChI is InChI=1S/C13H18BrN/c1-10-8-13(14)5-4-12(10)9-15-7-6-11-2-3-11/h4-5,8,11,15H,2-3,6-7,9H2,1H3. The molecule has 0 unspecified atom stereocenters. The molecule has 82 valence electrons. The molecule has 1 fully saturated rings. The van der Waals surface area contributed by atoms with Gasteiger partial charge < -0.3 is 5.32 Å². The second-order valence-corrected chi connectivity index (χ2v) is 5.40. The van der Waals surface area contributed by atoms with Gasteiger partial charge in [-0.2, -0.15) is 0 Å². The monoisotopic (exact) mass is 267 g/mol. The highest BCUT2D eigenvalue weighted by molar-refractivity contribution is 9.10. The molecule has 1 saturated carbocycles. The molecular formula is C13H18BrN. The number of hydrogen-bond acceptors (Lipinski definition) is 1. The summed E-state index contributed by atoms with van der Waals surface area (Å²) in [5.41, 5.74) is 2.78. The van der Waals surface area contributed by atoms with Crippen molar-refractivity contribution in [3.8, 4) is 0 Å². The molecule has 0 radical (unpaired) electrons. The molecule has 2 rings (SSSR count). The minimum absolute atomic E-state index is 1.01. The third-order valence-electron chi connectivity index (χ3n) is 3.05. The first kappa shape index (κ1) is 11.2. The van der Waals surface area contributed by atoms with Gasteiger partial charge in [-0.1, -0.05) is 34.8 Å². The van der Waals surface area contributed by atoms with Gasteiger partial charge in [0.25, 0.3) is 0 Å². The number of rotatable bonds is 5. The van der Waals surface area contributed by atoms with Crippen LogP contribution < -0.4 is 5.32 Å². The first-order valence-electron chi connectivity index (χ1n) is 5.71. The molecule has 1 N–H and O–H groups in total. The third kappa shape index (κ3) is 3.62. The van der Waals surface area contributed by atoms with Crippen molar-refractivity contribution in [1.29, 1.82) is 0 Å². The summed E-state index contributed by atoms with van der Waals surface area (Å²) in [5.74, 6) is 1.03. The molecule has 0 amide bonds. The number of nitrogens with one attached hydrogen (secondary N) is 1. The highest BCUT2D eigenvalue weighted by Crippen LogP contribution is 2.31. The fraction of sp³-hybridized carbons (Fsp3) is 0.538. The molecule has 0 aromatic heterocycles. The SMILES string of the molecule is Cc1cc(Br)ccc1CNCCC1CC1. The van der Waals surface area contributed by atoms with Crippen LogP contribution in [-0.2, 0) is 6.54 Å². The quantitative estimate of drug-likeness (QED) is 0.804. The maximum Gasteiger partial charge on any atom is 0.0208 e. The van der Waals surface area contributed by atoms with Gasteiger partial charge in [0.2, 0.25) is 0 Å². The molecule has 0 saturated heterocycles. The lowest BCUT2D eigenvalue weighted by Crippen LogP contribution is -2.15. The first-order valence-corrected chi connectivity index (χ1v) is 6.51. The van der Waals surface area contributed by atoms with Crippen LogP contribution in [0, 0.1) is 12.8 Å². The number of hydrogen-bond donors (Lipinski definition) is 1. The van der Waals surface area contributed by atoms with Crippen LogP contribution in [0.4, 0.5) is 0 Å². The maximum atomic E-state index is 3.52. The van der Waals surface area contributed by atoms with Gasteiger partial charge in [-0.25, -0.2) is 0 Å². The minimum Gasteiger partial charge on any atom is -0.313 e. The second-order valence-electron chi connectivity index (χ2n) is 4.48. The molecule has 1 nitrogen and oxygen atoms in total. The Morgan fingerprint density at radius 2 is 2.20 bits per heavy atom. The van der Waals surface area contributed by atoms with E-state index in [1.165, 1.54) is 41.4 Å². The molecular weight excluding hydrogens is 250 g/mol. The second kappa shape index (κ2) is 5.13. The molecule has 1 aromatic carbocycles. The number of benzene rings is 1. The van der Waals surface area contributed by atoms with Crippen LogP contribution in [0.5, 0.6) is 0 Å². The molecule has 1 aliphatic rings. The lowest BCUT2D eigenvalue weighted by molar-refractivity contribution is 0.612. The Balaban J connectivity index is 1.76. The fourth-order valence-corrected chi connectivity index (χ4v) is 2.27. The summed E-state index contributed by atoms with van der Waals surface area (Å²) in [5, 5.41) is 3.52. The van der Waals surface area contributed by atoms with Gasteiger partial charge in [0, 0.05) is 11.0 Å². The Kier molecular flexibility index (Phi) is 3.81. The summed E-state index contributed by atoms with van der Waals surface area (Å²) in [6.07, 6.45) is 4.27. The zero-order valence-corrected chi connectivity index (χ0v) is 10.8. The van der Waals surface area contributed by atoms with Crippen LogP contribution in [0.15, 0.2) is 22.7 Å². The first-order chi connectivity index (χ1) is 7.25. The van der Waals surface area contributed by atoms with E-state index < -0.39 is 0 Å². The molecule has 0 atom stereocenters. The predicted molar refractivity (Wildman–Crippen MR) is 67.9 cm³/mol. The average molecular weight is 268 g/mol. The van der Waals surface area contributed by atoms with E-state index in [0.29, 0.717) is 0 Å². The van der Waals surface area contributed by atoms with E-state index in [2.05, 4.69) is 46.4 Å². The molecule has 0 aliphatic heterocycles. The normalized spacial score (nSPS) is 15.6. The zero-order valence-electron chi connectivity index (χ0n) is 9.22. The summed E-state index contributed by atoms with van der Waals surface area (Å²) in [7, 11) is 0. The fourth-order valence-electron chi connectivity index (χ4n) is 1.79. The van der Waals surface area contributed by atoms with Crippen molar-refractivity contribution in [3.05, 3.63) is 33.8 Å². The molecule has 1 aromatic rings.